The second kappa shape index (κ2) is 3.68. The molecule has 1 radical (unpaired) electrons. The second-order valence-corrected chi connectivity index (χ2v) is 5.44. The lowest BCUT2D eigenvalue weighted by atomic mass is 10.3. The van der Waals surface area contributed by atoms with Crippen LogP contribution < -0.4 is 5.19 Å². The molecule has 77 valence electrons. The number of hydrogen-bond acceptors (Lipinski definition) is 0. The van der Waals surface area contributed by atoms with E-state index in [1.54, 1.807) is 0 Å². The maximum absolute atomic E-state index is 13.0. The van der Waals surface area contributed by atoms with Crippen molar-refractivity contribution in [2.75, 3.05) is 0 Å². The molecule has 0 bridgehead atoms. The highest BCUT2D eigenvalue weighted by Crippen LogP contribution is 2.16. The van der Waals surface area contributed by atoms with Crippen molar-refractivity contribution in [2.45, 2.75) is 13.1 Å². The Bertz CT molecular complexity index is 345. The van der Waals surface area contributed by atoms with Crippen molar-refractivity contribution >= 4 is 14.0 Å². The molecule has 0 aliphatic carbocycles. The normalized spacial score (nSPS) is 11.1. The third kappa shape index (κ3) is 1.54. The lowest BCUT2D eigenvalue weighted by molar-refractivity contribution is 0.384. The van der Waals surface area contributed by atoms with Crippen LogP contribution in [0.25, 0.3) is 0 Å². The summed E-state index contributed by atoms with van der Waals surface area (Å²) in [5.74, 6) is -9.26. The van der Waals surface area contributed by atoms with E-state index in [0.717, 1.165) is 0 Å². The van der Waals surface area contributed by atoms with Crippen molar-refractivity contribution in [2.24, 2.45) is 0 Å². The Labute approximate surface area is 79.0 Å². The predicted octanol–water partition coefficient (Wildman–Crippen LogP) is 2.34. The standard InChI is InChI=1S/C8H6F5Si/c1-14(2)8-6(12)4(10)3(9)5(11)7(8)13/h1-2H3. The Balaban J connectivity index is 3.60. The fourth-order valence-corrected chi connectivity index (χ4v) is 2.14. The van der Waals surface area contributed by atoms with Gasteiger partial charge in [-0.1, -0.05) is 13.1 Å². The van der Waals surface area contributed by atoms with Gasteiger partial charge in [0.25, 0.3) is 0 Å². The first-order valence-electron chi connectivity index (χ1n) is 3.69. The van der Waals surface area contributed by atoms with E-state index in [0.29, 0.717) is 0 Å². The highest BCUT2D eigenvalue weighted by molar-refractivity contribution is 6.70. The second-order valence-electron chi connectivity index (χ2n) is 2.94. The van der Waals surface area contributed by atoms with Crippen LogP contribution in [0.15, 0.2) is 0 Å². The number of hydrogen-bond donors (Lipinski definition) is 0. The minimum Gasteiger partial charge on any atom is -0.204 e. The Hall–Kier alpha value is -0.913. The Morgan fingerprint density at radius 2 is 0.929 bits per heavy atom. The SMILES string of the molecule is C[Si](C)c1c(F)c(F)c(F)c(F)c1F. The molecular formula is C8H6F5Si. The van der Waals surface area contributed by atoms with Crippen LogP contribution >= 0.6 is 0 Å². The maximum Gasteiger partial charge on any atom is 0.200 e. The van der Waals surface area contributed by atoms with Gasteiger partial charge >= 0.3 is 0 Å². The third-order valence-corrected chi connectivity index (χ3v) is 3.15. The lowest BCUT2D eigenvalue weighted by Crippen LogP contribution is -2.33. The fraction of sp³-hybridized carbons (Fsp3) is 0.250. The molecule has 0 nitrogen and oxygen atoms in total. The summed E-state index contributed by atoms with van der Waals surface area (Å²) >= 11 is 0. The monoisotopic (exact) mass is 225 g/mol. The average molecular weight is 225 g/mol. The summed E-state index contributed by atoms with van der Waals surface area (Å²) < 4.78 is 63.7. The van der Waals surface area contributed by atoms with Gasteiger partial charge in [-0.05, 0) is 0 Å². The summed E-state index contributed by atoms with van der Waals surface area (Å²) in [5.41, 5.74) is 0. The Kier molecular flexibility index (Phi) is 2.94. The molecule has 14 heavy (non-hydrogen) atoms. The van der Waals surface area contributed by atoms with Gasteiger partial charge in [-0.2, -0.15) is 0 Å². The third-order valence-electron chi connectivity index (χ3n) is 1.71. The van der Waals surface area contributed by atoms with E-state index in [4.69, 9.17) is 0 Å². The zero-order valence-electron chi connectivity index (χ0n) is 7.39. The summed E-state index contributed by atoms with van der Waals surface area (Å²) in [7, 11) is -1.73. The zero-order valence-corrected chi connectivity index (χ0v) is 8.39. The predicted molar refractivity (Wildman–Crippen MR) is 43.3 cm³/mol. The topological polar surface area (TPSA) is 0 Å². The van der Waals surface area contributed by atoms with E-state index in [-0.39, 0.29) is 0 Å². The highest BCUT2D eigenvalue weighted by Gasteiger charge is 2.27. The smallest absolute Gasteiger partial charge is 0.200 e. The van der Waals surface area contributed by atoms with Gasteiger partial charge in [-0.3, -0.25) is 0 Å². The first kappa shape index (κ1) is 11.2. The lowest BCUT2D eigenvalue weighted by Gasteiger charge is -2.09. The molecule has 0 unspecified atom stereocenters. The van der Waals surface area contributed by atoms with Crippen LogP contribution in [0, 0.1) is 29.1 Å². The minimum absolute atomic E-state index is 0.675. The van der Waals surface area contributed by atoms with E-state index in [9.17, 15) is 22.0 Å². The molecule has 1 aromatic rings. The van der Waals surface area contributed by atoms with Crippen LogP contribution in [0.3, 0.4) is 0 Å². The van der Waals surface area contributed by atoms with Crippen molar-refractivity contribution in [3.63, 3.8) is 0 Å². The Morgan fingerprint density at radius 3 is 1.21 bits per heavy atom. The van der Waals surface area contributed by atoms with Gasteiger partial charge in [0, 0.05) is 5.19 Å². The summed E-state index contributed by atoms with van der Waals surface area (Å²) in [5, 5.41) is -0.675. The first-order valence-corrected chi connectivity index (χ1v) is 6.19. The fourth-order valence-electron chi connectivity index (χ4n) is 1.04. The molecule has 0 saturated carbocycles. The summed E-state index contributed by atoms with van der Waals surface area (Å²) in [6.07, 6.45) is 0. The van der Waals surface area contributed by atoms with E-state index < -0.39 is 43.1 Å². The van der Waals surface area contributed by atoms with Gasteiger partial charge in [0.1, 0.15) is 0 Å². The van der Waals surface area contributed by atoms with E-state index in [2.05, 4.69) is 0 Å². The first-order chi connectivity index (χ1) is 6.37. The van der Waals surface area contributed by atoms with Gasteiger partial charge in [0.05, 0.1) is 8.80 Å². The molecule has 0 atom stereocenters. The van der Waals surface area contributed by atoms with E-state index in [1.807, 2.05) is 0 Å². The molecule has 0 aromatic heterocycles. The number of benzene rings is 1. The van der Waals surface area contributed by atoms with Crippen molar-refractivity contribution in [1.29, 1.82) is 0 Å². The van der Waals surface area contributed by atoms with Gasteiger partial charge in [-0.25, -0.2) is 22.0 Å². The largest absolute Gasteiger partial charge is 0.204 e. The summed E-state index contributed by atoms with van der Waals surface area (Å²) in [6.45, 7) is 2.89. The van der Waals surface area contributed by atoms with Crippen LogP contribution in [-0.4, -0.2) is 8.80 Å². The minimum atomic E-state index is -2.10. The van der Waals surface area contributed by atoms with Crippen LogP contribution in [-0.2, 0) is 0 Å². The van der Waals surface area contributed by atoms with E-state index in [1.165, 1.54) is 13.1 Å². The van der Waals surface area contributed by atoms with E-state index >= 15 is 0 Å². The van der Waals surface area contributed by atoms with Crippen LogP contribution in [0.2, 0.25) is 13.1 Å². The summed E-state index contributed by atoms with van der Waals surface area (Å²) in [4.78, 5) is 0. The summed E-state index contributed by atoms with van der Waals surface area (Å²) in [6, 6.07) is 0. The average Bonchev–Trinajstić information content (AvgIpc) is 2.11. The molecular weight excluding hydrogens is 219 g/mol. The molecule has 0 heterocycles. The molecule has 0 spiro atoms. The molecule has 6 heteroatoms. The van der Waals surface area contributed by atoms with Crippen molar-refractivity contribution in [3.8, 4) is 0 Å². The zero-order chi connectivity index (χ0) is 11.0. The Morgan fingerprint density at radius 1 is 0.643 bits per heavy atom. The van der Waals surface area contributed by atoms with Crippen molar-refractivity contribution in [1.82, 2.24) is 0 Å². The van der Waals surface area contributed by atoms with Crippen molar-refractivity contribution in [3.05, 3.63) is 29.1 Å². The molecule has 0 N–H and O–H groups in total. The molecule has 0 fully saturated rings. The number of rotatable bonds is 1. The molecule has 0 saturated heterocycles. The van der Waals surface area contributed by atoms with Crippen molar-refractivity contribution < 1.29 is 22.0 Å². The van der Waals surface area contributed by atoms with Crippen LogP contribution in [0.5, 0.6) is 0 Å². The van der Waals surface area contributed by atoms with Crippen LogP contribution in [0.1, 0.15) is 0 Å². The van der Waals surface area contributed by atoms with Crippen LogP contribution in [0.4, 0.5) is 22.0 Å². The molecule has 0 aliphatic rings. The quantitative estimate of drug-likeness (QED) is 0.298. The molecule has 1 rings (SSSR count). The molecule has 0 amide bonds. The highest BCUT2D eigenvalue weighted by atomic mass is 28.3. The molecule has 1 aromatic carbocycles. The van der Waals surface area contributed by atoms with Gasteiger partial charge in [-0.15, -0.1) is 0 Å². The molecule has 0 aliphatic heterocycles. The van der Waals surface area contributed by atoms with Gasteiger partial charge < -0.3 is 0 Å². The van der Waals surface area contributed by atoms with Gasteiger partial charge in [0.15, 0.2) is 23.3 Å². The van der Waals surface area contributed by atoms with Gasteiger partial charge in [0.2, 0.25) is 5.82 Å². The number of halogens is 5. The maximum atomic E-state index is 13.0.